The third-order valence-electron chi connectivity index (χ3n) is 10.5. The highest BCUT2D eigenvalue weighted by Gasteiger charge is 2.19. The minimum absolute atomic E-state index is 0.142. The van der Waals surface area contributed by atoms with E-state index in [4.69, 9.17) is 40.5 Å². The summed E-state index contributed by atoms with van der Waals surface area (Å²) in [6, 6.07) is 42.9. The molecule has 0 bridgehead atoms. The van der Waals surface area contributed by atoms with Gasteiger partial charge >= 0.3 is 0 Å². The maximum Gasteiger partial charge on any atom is 0.264 e. The lowest BCUT2D eigenvalue weighted by molar-refractivity contribution is 0.734. The molecule has 324 valence electrons. The Hall–Kier alpha value is -7.35. The molecule has 0 aliphatic heterocycles. The molecule has 6 aromatic heterocycles. The van der Waals surface area contributed by atoms with Crippen LogP contribution in [0.2, 0.25) is 15.1 Å². The topological polar surface area (TPSA) is 174 Å². The van der Waals surface area contributed by atoms with Gasteiger partial charge in [-0.05, 0) is 97.4 Å². The molecule has 5 N–H and O–H groups in total. The average Bonchev–Trinajstić information content (AvgIpc) is 3.29. The van der Waals surface area contributed by atoms with Crippen LogP contribution >= 0.6 is 34.8 Å². The number of aromatic amines is 2. The van der Waals surface area contributed by atoms with Crippen LogP contribution in [0.4, 0.5) is 5.69 Å². The molecule has 2 atom stereocenters. The van der Waals surface area contributed by atoms with Gasteiger partial charge in [0.2, 0.25) is 5.56 Å². The Morgan fingerprint density at radius 1 is 0.538 bits per heavy atom. The van der Waals surface area contributed by atoms with Crippen molar-refractivity contribution < 1.29 is 0 Å². The van der Waals surface area contributed by atoms with Gasteiger partial charge in [-0.1, -0.05) is 95.5 Å². The highest BCUT2D eigenvalue weighted by atomic mass is 35.5. The molecule has 0 saturated heterocycles. The first-order valence-electron chi connectivity index (χ1n) is 20.3. The summed E-state index contributed by atoms with van der Waals surface area (Å²) in [5.41, 5.74) is 11.5. The van der Waals surface area contributed by atoms with Gasteiger partial charge in [-0.25, -0.2) is 0 Å². The monoisotopic (exact) mass is 920 g/mol. The number of nitrogens with one attached hydrogen (secondary N) is 3. The molecular formula is C50H39Cl3N8O4. The number of halogens is 3. The fourth-order valence-electron chi connectivity index (χ4n) is 7.57. The lowest BCUT2D eigenvalue weighted by Crippen LogP contribution is -2.26. The minimum Gasteiger partial charge on any atom is -0.375 e. The zero-order chi connectivity index (χ0) is 45.8. The molecule has 6 heterocycles. The van der Waals surface area contributed by atoms with Gasteiger partial charge < -0.3 is 21.0 Å². The van der Waals surface area contributed by atoms with E-state index in [1.807, 2.05) is 111 Å². The largest absolute Gasteiger partial charge is 0.375 e. The van der Waals surface area contributed by atoms with Crippen LogP contribution in [0.5, 0.6) is 0 Å². The Labute approximate surface area is 385 Å². The number of nitrogens with zero attached hydrogens (tertiary/aromatic N) is 4. The predicted molar refractivity (Wildman–Crippen MR) is 263 cm³/mol. The van der Waals surface area contributed by atoms with Gasteiger partial charge in [0.25, 0.3) is 16.7 Å². The number of nitrogens with two attached hydrogens (primary N) is 1. The van der Waals surface area contributed by atoms with E-state index >= 15 is 0 Å². The van der Waals surface area contributed by atoms with Crippen LogP contribution in [0.15, 0.2) is 177 Å². The third kappa shape index (κ3) is 9.33. The number of hydrogen-bond acceptors (Lipinski definition) is 8. The number of para-hydroxylation sites is 2. The van der Waals surface area contributed by atoms with Crippen LogP contribution in [0, 0.1) is 0 Å². The zero-order valence-corrected chi connectivity index (χ0v) is 37.1. The number of benzene rings is 4. The second-order valence-electron chi connectivity index (χ2n) is 15.0. The number of fused-ring (bicyclic) bond motifs is 4. The van der Waals surface area contributed by atoms with E-state index in [0.29, 0.717) is 53.6 Å². The van der Waals surface area contributed by atoms with Crippen molar-refractivity contribution in [1.82, 2.24) is 29.1 Å². The van der Waals surface area contributed by atoms with E-state index in [9.17, 15) is 19.2 Å². The predicted octanol–water partition coefficient (Wildman–Crippen LogP) is 10.3. The highest BCUT2D eigenvalue weighted by molar-refractivity contribution is 6.36. The molecule has 12 nitrogen and oxygen atoms in total. The SMILES string of the molecule is C[C@H](N)c1cc2cccc(Cl)c2c(=O)n1-c1ccccc1.C[C@H](Nc1cc(=O)[nH]c2cccnc12)c1cc2cccc(Cl)c2c(=O)n1-c1ccccc1.O=c1cc(Cl)c2ncccc2[nH]1. The van der Waals surface area contributed by atoms with Crippen LogP contribution in [-0.4, -0.2) is 29.1 Å². The molecule has 0 fully saturated rings. The molecule has 0 saturated carbocycles. The van der Waals surface area contributed by atoms with Gasteiger partial charge in [0, 0.05) is 53.3 Å². The molecule has 0 unspecified atom stereocenters. The average molecular weight is 922 g/mol. The minimum atomic E-state index is -0.321. The molecule has 0 aliphatic rings. The lowest BCUT2D eigenvalue weighted by Gasteiger charge is -2.22. The summed E-state index contributed by atoms with van der Waals surface area (Å²) >= 11 is 18.4. The Morgan fingerprint density at radius 2 is 1.02 bits per heavy atom. The summed E-state index contributed by atoms with van der Waals surface area (Å²) in [6.07, 6.45) is 3.31. The Balaban J connectivity index is 0.000000149. The van der Waals surface area contributed by atoms with Crippen molar-refractivity contribution in [3.05, 3.63) is 226 Å². The van der Waals surface area contributed by atoms with Crippen LogP contribution in [0.1, 0.15) is 37.3 Å². The van der Waals surface area contributed by atoms with Gasteiger partial charge in [0.05, 0.1) is 48.6 Å². The molecule has 10 rings (SSSR count). The van der Waals surface area contributed by atoms with Gasteiger partial charge in [0.15, 0.2) is 0 Å². The molecule has 0 radical (unpaired) electrons. The van der Waals surface area contributed by atoms with E-state index in [-0.39, 0.29) is 34.3 Å². The normalized spacial score (nSPS) is 12.0. The van der Waals surface area contributed by atoms with Gasteiger partial charge in [-0.3, -0.25) is 38.3 Å². The smallest absolute Gasteiger partial charge is 0.264 e. The summed E-state index contributed by atoms with van der Waals surface area (Å²) < 4.78 is 3.30. The molecule has 0 amide bonds. The molecule has 0 spiro atoms. The number of anilines is 1. The quantitative estimate of drug-likeness (QED) is 0.128. The Morgan fingerprint density at radius 3 is 1.55 bits per heavy atom. The van der Waals surface area contributed by atoms with Crippen LogP contribution in [0.25, 0.3) is 55.0 Å². The molecule has 15 heteroatoms. The van der Waals surface area contributed by atoms with E-state index in [1.165, 1.54) is 12.1 Å². The van der Waals surface area contributed by atoms with Crippen molar-refractivity contribution in [3.8, 4) is 11.4 Å². The van der Waals surface area contributed by atoms with Crippen molar-refractivity contribution >= 4 is 84.1 Å². The van der Waals surface area contributed by atoms with E-state index in [1.54, 1.807) is 57.9 Å². The number of hydrogen-bond donors (Lipinski definition) is 4. The maximum atomic E-state index is 13.6. The number of aromatic nitrogens is 6. The van der Waals surface area contributed by atoms with Crippen molar-refractivity contribution in [2.24, 2.45) is 5.73 Å². The molecule has 65 heavy (non-hydrogen) atoms. The van der Waals surface area contributed by atoms with Crippen molar-refractivity contribution in [2.75, 3.05) is 5.32 Å². The summed E-state index contributed by atoms with van der Waals surface area (Å²) in [7, 11) is 0. The van der Waals surface area contributed by atoms with Crippen molar-refractivity contribution in [1.29, 1.82) is 0 Å². The van der Waals surface area contributed by atoms with Crippen LogP contribution < -0.4 is 33.3 Å². The number of rotatable bonds is 6. The van der Waals surface area contributed by atoms with E-state index in [2.05, 4.69) is 25.3 Å². The second-order valence-corrected chi connectivity index (χ2v) is 16.2. The summed E-state index contributed by atoms with van der Waals surface area (Å²) in [5.74, 6) is 0. The second kappa shape index (κ2) is 19.2. The van der Waals surface area contributed by atoms with Gasteiger partial charge in [0.1, 0.15) is 11.0 Å². The summed E-state index contributed by atoms with van der Waals surface area (Å²) in [4.78, 5) is 63.4. The molecular weight excluding hydrogens is 883 g/mol. The van der Waals surface area contributed by atoms with E-state index in [0.717, 1.165) is 33.5 Å². The number of pyridine rings is 6. The Kier molecular flexibility index (Phi) is 13.1. The molecule has 0 aliphatic carbocycles. The highest BCUT2D eigenvalue weighted by Crippen LogP contribution is 2.29. The summed E-state index contributed by atoms with van der Waals surface area (Å²) in [5, 5.41) is 7.19. The number of H-pyrrole nitrogens is 2. The Bertz CT molecular complexity index is 3610. The lowest BCUT2D eigenvalue weighted by atomic mass is 10.1. The molecule has 10 aromatic rings. The first kappa shape index (κ1) is 44.3. The summed E-state index contributed by atoms with van der Waals surface area (Å²) in [6.45, 7) is 3.81. The van der Waals surface area contributed by atoms with Crippen LogP contribution in [0.3, 0.4) is 0 Å². The molecule has 4 aromatic carbocycles. The van der Waals surface area contributed by atoms with Gasteiger partial charge in [-0.2, -0.15) is 0 Å². The van der Waals surface area contributed by atoms with Gasteiger partial charge in [-0.15, -0.1) is 0 Å². The fourth-order valence-corrected chi connectivity index (χ4v) is 8.35. The van der Waals surface area contributed by atoms with Crippen molar-refractivity contribution in [3.63, 3.8) is 0 Å². The zero-order valence-electron chi connectivity index (χ0n) is 34.8. The first-order valence-corrected chi connectivity index (χ1v) is 21.5. The third-order valence-corrected chi connectivity index (χ3v) is 11.4. The first-order chi connectivity index (χ1) is 31.4. The maximum absolute atomic E-state index is 13.6. The van der Waals surface area contributed by atoms with Crippen LogP contribution in [-0.2, 0) is 0 Å². The van der Waals surface area contributed by atoms with Crippen molar-refractivity contribution in [2.45, 2.75) is 25.9 Å². The van der Waals surface area contributed by atoms with E-state index < -0.39 is 0 Å². The standard InChI is InChI=1S/C25H19ClN4O2.C17H15ClN2O.C8H5ClN2O/c1-15(28-20-14-22(31)29-19-11-6-12-27-24(19)20)21-13-16-7-5-10-18(26)23(16)25(32)30(21)17-8-3-2-4-9-17;1-11(19)15-10-12-6-5-9-14(18)16(12)17(21)20(15)13-7-3-2-4-8-13;9-5-4-7(12)11-6-2-1-3-10-8(5)6/h2-15H,1H3,(H2,28,29,31);2-11H,19H2,1H3;1-4H,(H,11,12)/t15-;11-;/m00./s1. The fraction of sp³-hybridized carbons (Fsp3) is 0.0800.